The second-order valence-corrected chi connectivity index (χ2v) is 7.34. The van der Waals surface area contributed by atoms with Gasteiger partial charge in [-0.05, 0) is 43.2 Å². The molecule has 0 aromatic heterocycles. The highest BCUT2D eigenvalue weighted by Crippen LogP contribution is 2.21. The van der Waals surface area contributed by atoms with Crippen molar-refractivity contribution >= 4 is 23.6 Å². The highest BCUT2D eigenvalue weighted by Gasteiger charge is 2.28. The van der Waals surface area contributed by atoms with Gasteiger partial charge in [-0.25, -0.2) is 0 Å². The first-order chi connectivity index (χ1) is 13.6. The molecule has 2 aromatic carbocycles. The number of thioether (sulfide) groups is 1. The minimum absolute atomic E-state index is 0.0604. The molecule has 150 valence electrons. The molecule has 1 atom stereocenters. The van der Waals surface area contributed by atoms with E-state index in [4.69, 9.17) is 4.74 Å². The summed E-state index contributed by atoms with van der Waals surface area (Å²) in [6, 6.07) is 16.9. The SMILES string of the molecule is CCNC(=O)[C@@H](CC)N(Cc1cccc(OC)c1)C(=O)CSc1ccccc1. The van der Waals surface area contributed by atoms with Gasteiger partial charge < -0.3 is 15.0 Å². The van der Waals surface area contributed by atoms with Crippen molar-refractivity contribution in [2.75, 3.05) is 19.4 Å². The molecule has 0 aliphatic carbocycles. The second-order valence-electron chi connectivity index (χ2n) is 6.29. The van der Waals surface area contributed by atoms with Gasteiger partial charge in [-0.15, -0.1) is 11.8 Å². The third-order valence-corrected chi connectivity index (χ3v) is 5.33. The Morgan fingerprint density at radius 1 is 1.11 bits per heavy atom. The van der Waals surface area contributed by atoms with Crippen molar-refractivity contribution in [1.29, 1.82) is 0 Å². The van der Waals surface area contributed by atoms with E-state index < -0.39 is 6.04 Å². The van der Waals surface area contributed by atoms with E-state index in [1.807, 2.05) is 68.4 Å². The quantitative estimate of drug-likeness (QED) is 0.618. The summed E-state index contributed by atoms with van der Waals surface area (Å²) in [5.74, 6) is 0.833. The first kappa shape index (κ1) is 21.8. The predicted octanol–water partition coefficient (Wildman–Crippen LogP) is 3.73. The predicted molar refractivity (Wildman–Crippen MR) is 113 cm³/mol. The zero-order valence-electron chi connectivity index (χ0n) is 16.7. The van der Waals surface area contributed by atoms with Crippen molar-refractivity contribution in [3.63, 3.8) is 0 Å². The number of methoxy groups -OCH3 is 1. The summed E-state index contributed by atoms with van der Waals surface area (Å²) < 4.78 is 5.29. The van der Waals surface area contributed by atoms with Gasteiger partial charge in [0.25, 0.3) is 0 Å². The van der Waals surface area contributed by atoms with Gasteiger partial charge in [-0.3, -0.25) is 9.59 Å². The van der Waals surface area contributed by atoms with Crippen LogP contribution in [0.2, 0.25) is 0 Å². The number of hydrogen-bond donors (Lipinski definition) is 1. The molecule has 0 aliphatic heterocycles. The fraction of sp³-hybridized carbons (Fsp3) is 0.364. The van der Waals surface area contributed by atoms with Gasteiger partial charge in [-0.1, -0.05) is 37.3 Å². The molecule has 28 heavy (non-hydrogen) atoms. The van der Waals surface area contributed by atoms with Gasteiger partial charge in [0.1, 0.15) is 11.8 Å². The third kappa shape index (κ3) is 6.30. The molecule has 0 bridgehead atoms. The van der Waals surface area contributed by atoms with Crippen LogP contribution in [0.5, 0.6) is 5.75 Å². The lowest BCUT2D eigenvalue weighted by atomic mass is 10.1. The molecule has 0 saturated heterocycles. The first-order valence-electron chi connectivity index (χ1n) is 9.47. The number of benzene rings is 2. The molecule has 2 aromatic rings. The van der Waals surface area contributed by atoms with Gasteiger partial charge in [-0.2, -0.15) is 0 Å². The number of nitrogens with one attached hydrogen (secondary N) is 1. The van der Waals surface area contributed by atoms with Crippen molar-refractivity contribution in [3.8, 4) is 5.75 Å². The minimum Gasteiger partial charge on any atom is -0.497 e. The maximum absolute atomic E-state index is 13.1. The van der Waals surface area contributed by atoms with E-state index >= 15 is 0 Å². The van der Waals surface area contributed by atoms with Gasteiger partial charge in [0.15, 0.2) is 0 Å². The molecule has 0 saturated carbocycles. The van der Waals surface area contributed by atoms with Crippen LogP contribution in [0.25, 0.3) is 0 Å². The van der Waals surface area contributed by atoms with Gasteiger partial charge >= 0.3 is 0 Å². The Morgan fingerprint density at radius 2 is 1.86 bits per heavy atom. The van der Waals surface area contributed by atoms with Crippen LogP contribution in [-0.4, -0.2) is 42.2 Å². The van der Waals surface area contributed by atoms with E-state index in [1.54, 1.807) is 12.0 Å². The van der Waals surface area contributed by atoms with Crippen molar-refractivity contribution in [2.24, 2.45) is 0 Å². The summed E-state index contributed by atoms with van der Waals surface area (Å²) in [6.07, 6.45) is 0.553. The van der Waals surface area contributed by atoms with E-state index in [2.05, 4.69) is 5.32 Å². The Hall–Kier alpha value is -2.47. The third-order valence-electron chi connectivity index (χ3n) is 4.33. The standard InChI is InChI=1S/C22H28N2O3S/c1-4-20(22(26)23-5-2)24(15-17-10-9-11-18(14-17)27-3)21(25)16-28-19-12-7-6-8-13-19/h6-14,20H,4-5,15-16H2,1-3H3,(H,23,26)/t20-/m1/s1. The van der Waals surface area contributed by atoms with E-state index in [9.17, 15) is 9.59 Å². The Morgan fingerprint density at radius 3 is 2.50 bits per heavy atom. The number of carbonyl (C=O) groups excluding carboxylic acids is 2. The molecule has 2 rings (SSSR count). The van der Waals surface area contributed by atoms with Crippen molar-refractivity contribution in [2.45, 2.75) is 37.8 Å². The Labute approximate surface area is 171 Å². The van der Waals surface area contributed by atoms with E-state index in [0.717, 1.165) is 16.2 Å². The Bertz CT molecular complexity index is 767. The zero-order valence-corrected chi connectivity index (χ0v) is 17.5. The van der Waals surface area contributed by atoms with E-state index in [-0.39, 0.29) is 17.6 Å². The maximum Gasteiger partial charge on any atom is 0.242 e. The highest BCUT2D eigenvalue weighted by atomic mass is 32.2. The van der Waals surface area contributed by atoms with Crippen molar-refractivity contribution < 1.29 is 14.3 Å². The van der Waals surface area contributed by atoms with Gasteiger partial charge in [0.05, 0.1) is 12.9 Å². The van der Waals surface area contributed by atoms with Gasteiger partial charge in [0, 0.05) is 18.0 Å². The monoisotopic (exact) mass is 400 g/mol. The zero-order chi connectivity index (χ0) is 20.4. The summed E-state index contributed by atoms with van der Waals surface area (Å²) in [4.78, 5) is 28.4. The molecule has 6 heteroatoms. The number of carbonyl (C=O) groups is 2. The molecule has 0 spiro atoms. The second kappa shape index (κ2) is 11.4. The minimum atomic E-state index is -0.505. The normalized spacial score (nSPS) is 11.5. The summed E-state index contributed by atoms with van der Waals surface area (Å²) in [7, 11) is 1.61. The van der Waals surface area contributed by atoms with E-state index in [1.165, 1.54) is 11.8 Å². The summed E-state index contributed by atoms with van der Waals surface area (Å²) in [5.41, 5.74) is 0.931. The van der Waals surface area contributed by atoms with Crippen LogP contribution in [0, 0.1) is 0 Å². The van der Waals surface area contributed by atoms with E-state index in [0.29, 0.717) is 19.5 Å². The maximum atomic E-state index is 13.1. The smallest absolute Gasteiger partial charge is 0.242 e. The number of rotatable bonds is 10. The molecule has 2 amide bonds. The number of amides is 2. The molecule has 0 radical (unpaired) electrons. The fourth-order valence-corrected chi connectivity index (χ4v) is 3.73. The van der Waals surface area contributed by atoms with Crippen LogP contribution in [-0.2, 0) is 16.1 Å². The highest BCUT2D eigenvalue weighted by molar-refractivity contribution is 8.00. The van der Waals surface area contributed by atoms with Crippen LogP contribution >= 0.6 is 11.8 Å². The lowest BCUT2D eigenvalue weighted by Gasteiger charge is -2.30. The molecule has 0 aliphatic rings. The first-order valence-corrected chi connectivity index (χ1v) is 10.5. The van der Waals surface area contributed by atoms with Gasteiger partial charge in [0.2, 0.25) is 11.8 Å². The lowest BCUT2D eigenvalue weighted by molar-refractivity contribution is -0.139. The van der Waals surface area contributed by atoms with Crippen LogP contribution in [0.4, 0.5) is 0 Å². The van der Waals surface area contributed by atoms with Crippen LogP contribution in [0.15, 0.2) is 59.5 Å². The van der Waals surface area contributed by atoms with Crippen molar-refractivity contribution in [3.05, 3.63) is 60.2 Å². The topological polar surface area (TPSA) is 58.6 Å². The summed E-state index contributed by atoms with van der Waals surface area (Å²) in [5, 5.41) is 2.85. The molecule has 0 fully saturated rings. The Kier molecular flexibility index (Phi) is 8.88. The number of ether oxygens (including phenoxy) is 1. The van der Waals surface area contributed by atoms with Crippen LogP contribution in [0.1, 0.15) is 25.8 Å². The average Bonchev–Trinajstić information content (AvgIpc) is 2.73. The fourth-order valence-electron chi connectivity index (χ4n) is 2.92. The summed E-state index contributed by atoms with van der Waals surface area (Å²) in [6.45, 7) is 4.70. The Balaban J connectivity index is 2.20. The number of likely N-dealkylation sites (N-methyl/N-ethyl adjacent to an activating group) is 1. The average molecular weight is 401 g/mol. The van der Waals surface area contributed by atoms with Crippen LogP contribution in [0.3, 0.4) is 0 Å². The molecule has 5 nitrogen and oxygen atoms in total. The number of nitrogens with zero attached hydrogens (tertiary/aromatic N) is 1. The van der Waals surface area contributed by atoms with Crippen molar-refractivity contribution in [1.82, 2.24) is 10.2 Å². The molecular weight excluding hydrogens is 372 g/mol. The largest absolute Gasteiger partial charge is 0.497 e. The van der Waals surface area contributed by atoms with Crippen LogP contribution < -0.4 is 10.1 Å². The molecular formula is C22H28N2O3S. The number of hydrogen-bond acceptors (Lipinski definition) is 4. The molecule has 0 unspecified atom stereocenters. The molecule has 1 N–H and O–H groups in total. The summed E-state index contributed by atoms with van der Waals surface area (Å²) >= 11 is 1.48. The molecule has 0 heterocycles. The lowest BCUT2D eigenvalue weighted by Crippen LogP contribution is -2.49.